The van der Waals surface area contributed by atoms with Crippen molar-refractivity contribution in [2.75, 3.05) is 24.6 Å². The van der Waals surface area contributed by atoms with Gasteiger partial charge in [-0.2, -0.15) is 11.8 Å². The van der Waals surface area contributed by atoms with Crippen LogP contribution in [0.1, 0.15) is 6.42 Å². The number of hydrogen-bond donors (Lipinski definition) is 3. The van der Waals surface area contributed by atoms with Crippen LogP contribution in [0.2, 0.25) is 0 Å². The molecule has 0 aromatic carbocycles. The fourth-order valence-electron chi connectivity index (χ4n) is 1.45. The van der Waals surface area contributed by atoms with E-state index in [9.17, 15) is 4.79 Å². The van der Waals surface area contributed by atoms with Gasteiger partial charge in [-0.25, -0.2) is 4.79 Å². The first-order valence-corrected chi connectivity index (χ1v) is 5.85. The molecule has 2 fully saturated rings. The zero-order valence-electron chi connectivity index (χ0n) is 7.51. The molecule has 2 heterocycles. The Hall–Kier alpha value is -0.420. The number of hydrogen-bond acceptors (Lipinski definition) is 3. The molecule has 0 radical (unpaired) electrons. The van der Waals surface area contributed by atoms with E-state index < -0.39 is 0 Å². The van der Waals surface area contributed by atoms with Gasteiger partial charge in [0, 0.05) is 24.9 Å². The fraction of sp³-hybridized carbons (Fsp3) is 0.875. The highest BCUT2D eigenvalue weighted by atomic mass is 32.2. The number of urea groups is 1. The fourth-order valence-corrected chi connectivity index (χ4v) is 2.60. The number of rotatable bonds is 2. The van der Waals surface area contributed by atoms with E-state index in [0.717, 1.165) is 25.3 Å². The highest BCUT2D eigenvalue weighted by Crippen LogP contribution is 2.16. The molecule has 1 atom stereocenters. The van der Waals surface area contributed by atoms with E-state index in [1.54, 1.807) is 0 Å². The first-order chi connectivity index (χ1) is 6.34. The van der Waals surface area contributed by atoms with Crippen LogP contribution in [0.5, 0.6) is 0 Å². The maximum atomic E-state index is 11.3. The van der Waals surface area contributed by atoms with Crippen LogP contribution >= 0.6 is 11.8 Å². The molecule has 4 nitrogen and oxygen atoms in total. The minimum Gasteiger partial charge on any atom is -0.335 e. The van der Waals surface area contributed by atoms with Crippen LogP contribution in [-0.4, -0.2) is 42.7 Å². The van der Waals surface area contributed by atoms with E-state index >= 15 is 0 Å². The molecular weight excluding hydrogens is 186 g/mol. The summed E-state index contributed by atoms with van der Waals surface area (Å²) in [4.78, 5) is 11.3. The number of carbonyl (C=O) groups excluding carboxylic acids is 1. The van der Waals surface area contributed by atoms with Crippen molar-refractivity contribution in [3.05, 3.63) is 0 Å². The quantitative estimate of drug-likeness (QED) is 0.578. The molecule has 2 saturated heterocycles. The van der Waals surface area contributed by atoms with E-state index in [4.69, 9.17) is 0 Å². The van der Waals surface area contributed by atoms with E-state index in [0.29, 0.717) is 12.1 Å². The van der Waals surface area contributed by atoms with Crippen LogP contribution in [-0.2, 0) is 0 Å². The van der Waals surface area contributed by atoms with Gasteiger partial charge in [-0.3, -0.25) is 0 Å². The predicted octanol–water partition coefficient (Wildman–Crippen LogP) is -0.237. The maximum absolute atomic E-state index is 11.3. The molecule has 0 aromatic rings. The molecule has 2 amide bonds. The Morgan fingerprint density at radius 2 is 2.08 bits per heavy atom. The van der Waals surface area contributed by atoms with Crippen molar-refractivity contribution in [3.8, 4) is 0 Å². The van der Waals surface area contributed by atoms with Crippen LogP contribution < -0.4 is 16.0 Å². The summed E-state index contributed by atoms with van der Waals surface area (Å²) in [7, 11) is 0. The molecule has 1 unspecified atom stereocenters. The zero-order chi connectivity index (χ0) is 9.10. The Kier molecular flexibility index (Phi) is 2.95. The van der Waals surface area contributed by atoms with Gasteiger partial charge in [-0.15, -0.1) is 0 Å². The van der Waals surface area contributed by atoms with Gasteiger partial charge in [0.15, 0.2) is 0 Å². The minimum atomic E-state index is -0.000926. The molecule has 0 aromatic heterocycles. The van der Waals surface area contributed by atoms with Crippen molar-refractivity contribution in [3.63, 3.8) is 0 Å². The molecule has 5 heteroatoms. The number of thioether (sulfide) groups is 1. The van der Waals surface area contributed by atoms with E-state index in [1.807, 2.05) is 11.8 Å². The molecule has 13 heavy (non-hydrogen) atoms. The summed E-state index contributed by atoms with van der Waals surface area (Å²) in [6.07, 6.45) is 1.11. The molecule has 2 aliphatic rings. The SMILES string of the molecule is O=C(NC1CNC1)NC1CCSC1. The Morgan fingerprint density at radius 3 is 2.62 bits per heavy atom. The standard InChI is InChI=1S/C8H15N3OS/c12-8(11-7-3-9-4-7)10-6-1-2-13-5-6/h6-7,9H,1-5H2,(H2,10,11,12). The summed E-state index contributed by atoms with van der Waals surface area (Å²) in [5.41, 5.74) is 0. The lowest BCUT2D eigenvalue weighted by Crippen LogP contribution is -2.59. The number of nitrogens with one attached hydrogen (secondary N) is 3. The van der Waals surface area contributed by atoms with Crippen molar-refractivity contribution >= 4 is 17.8 Å². The molecule has 0 saturated carbocycles. The first kappa shape index (κ1) is 9.15. The Morgan fingerprint density at radius 1 is 1.31 bits per heavy atom. The third kappa shape index (κ3) is 2.51. The van der Waals surface area contributed by atoms with Gasteiger partial charge >= 0.3 is 6.03 Å². The second-order valence-electron chi connectivity index (χ2n) is 3.53. The third-order valence-electron chi connectivity index (χ3n) is 2.38. The van der Waals surface area contributed by atoms with Crippen molar-refractivity contribution in [2.24, 2.45) is 0 Å². The molecular formula is C8H15N3OS. The van der Waals surface area contributed by atoms with Crippen molar-refractivity contribution < 1.29 is 4.79 Å². The Bertz CT molecular complexity index is 190. The summed E-state index contributed by atoms with van der Waals surface area (Å²) >= 11 is 1.91. The third-order valence-corrected chi connectivity index (χ3v) is 3.54. The number of amides is 2. The van der Waals surface area contributed by atoms with Gasteiger partial charge < -0.3 is 16.0 Å². The molecule has 0 spiro atoms. The zero-order valence-corrected chi connectivity index (χ0v) is 8.32. The van der Waals surface area contributed by atoms with Crippen LogP contribution in [0.15, 0.2) is 0 Å². The first-order valence-electron chi connectivity index (χ1n) is 4.70. The summed E-state index contributed by atoms with van der Waals surface area (Å²) in [5, 5.41) is 9.01. The van der Waals surface area contributed by atoms with Gasteiger partial charge in [0.2, 0.25) is 0 Å². The van der Waals surface area contributed by atoms with Gasteiger partial charge in [0.05, 0.1) is 6.04 Å². The van der Waals surface area contributed by atoms with Crippen molar-refractivity contribution in [1.82, 2.24) is 16.0 Å². The molecule has 0 bridgehead atoms. The predicted molar refractivity (Wildman–Crippen MR) is 54.1 cm³/mol. The van der Waals surface area contributed by atoms with Crippen LogP contribution in [0.25, 0.3) is 0 Å². The van der Waals surface area contributed by atoms with Gasteiger partial charge in [-0.1, -0.05) is 0 Å². The van der Waals surface area contributed by atoms with Crippen molar-refractivity contribution in [1.29, 1.82) is 0 Å². The highest BCUT2D eigenvalue weighted by molar-refractivity contribution is 7.99. The average molecular weight is 201 g/mol. The number of carbonyl (C=O) groups is 1. The lowest BCUT2D eigenvalue weighted by Gasteiger charge is -2.28. The molecule has 2 aliphatic heterocycles. The topological polar surface area (TPSA) is 53.2 Å². The van der Waals surface area contributed by atoms with E-state index in [-0.39, 0.29) is 6.03 Å². The largest absolute Gasteiger partial charge is 0.335 e. The van der Waals surface area contributed by atoms with Gasteiger partial charge in [0.1, 0.15) is 0 Å². The van der Waals surface area contributed by atoms with Gasteiger partial charge in [0.25, 0.3) is 0 Å². The second-order valence-corrected chi connectivity index (χ2v) is 4.68. The highest BCUT2D eigenvalue weighted by Gasteiger charge is 2.21. The molecule has 0 aliphatic carbocycles. The summed E-state index contributed by atoms with van der Waals surface area (Å²) in [6.45, 7) is 1.82. The second kappa shape index (κ2) is 4.19. The molecule has 74 valence electrons. The van der Waals surface area contributed by atoms with E-state index in [2.05, 4.69) is 16.0 Å². The Labute approximate surface area is 82.2 Å². The maximum Gasteiger partial charge on any atom is 0.315 e. The van der Waals surface area contributed by atoms with Crippen LogP contribution in [0, 0.1) is 0 Å². The summed E-state index contributed by atoms with van der Waals surface area (Å²) < 4.78 is 0. The van der Waals surface area contributed by atoms with Crippen LogP contribution in [0.3, 0.4) is 0 Å². The smallest absolute Gasteiger partial charge is 0.315 e. The molecule has 3 N–H and O–H groups in total. The monoisotopic (exact) mass is 201 g/mol. The lowest BCUT2D eigenvalue weighted by molar-refractivity contribution is 0.228. The van der Waals surface area contributed by atoms with E-state index in [1.165, 1.54) is 5.75 Å². The lowest BCUT2D eigenvalue weighted by atomic mass is 10.2. The summed E-state index contributed by atoms with van der Waals surface area (Å²) in [6, 6.07) is 0.728. The normalized spacial score (nSPS) is 28.2. The van der Waals surface area contributed by atoms with Crippen LogP contribution in [0.4, 0.5) is 4.79 Å². The Balaban J connectivity index is 1.64. The average Bonchev–Trinajstić information content (AvgIpc) is 2.49. The minimum absolute atomic E-state index is 0.000926. The van der Waals surface area contributed by atoms with Crippen molar-refractivity contribution in [2.45, 2.75) is 18.5 Å². The van der Waals surface area contributed by atoms with Gasteiger partial charge in [-0.05, 0) is 12.2 Å². The summed E-state index contributed by atoms with van der Waals surface area (Å²) in [5.74, 6) is 2.24. The molecule has 2 rings (SSSR count).